The van der Waals surface area contributed by atoms with E-state index in [0.29, 0.717) is 17.4 Å². The molecule has 10 heteroatoms. The third-order valence-corrected chi connectivity index (χ3v) is 10.6. The topological polar surface area (TPSA) is 111 Å². The van der Waals surface area contributed by atoms with Crippen molar-refractivity contribution in [3.8, 4) is 0 Å². The van der Waals surface area contributed by atoms with Crippen LogP contribution in [0.2, 0.25) is 0 Å². The number of ether oxygens (including phenoxy) is 2. The second-order valence-electron chi connectivity index (χ2n) is 16.1. The first-order valence-corrected chi connectivity index (χ1v) is 23.2. The van der Waals surface area contributed by atoms with Crippen molar-refractivity contribution in [3.05, 3.63) is 0 Å². The summed E-state index contributed by atoms with van der Waals surface area (Å²) in [6.07, 6.45) is 34.0. The van der Waals surface area contributed by atoms with Crippen molar-refractivity contribution in [3.63, 3.8) is 0 Å². The normalized spacial score (nSPS) is 13.6. The van der Waals surface area contributed by atoms with Crippen LogP contribution in [0.15, 0.2) is 0 Å². The molecule has 0 spiro atoms. The Morgan fingerprint density at radius 2 is 0.865 bits per heavy atom. The highest BCUT2D eigenvalue weighted by Gasteiger charge is 2.21. The van der Waals surface area contributed by atoms with Gasteiger partial charge < -0.3 is 27.9 Å². The van der Waals surface area contributed by atoms with E-state index < -0.39 is 26.5 Å². The van der Waals surface area contributed by atoms with Gasteiger partial charge in [0.1, 0.15) is 19.8 Å². The minimum atomic E-state index is -4.61. The van der Waals surface area contributed by atoms with Crippen molar-refractivity contribution >= 4 is 19.8 Å². The second kappa shape index (κ2) is 35.7. The largest absolute Gasteiger partial charge is 0.756 e. The Morgan fingerprint density at radius 3 is 1.23 bits per heavy atom. The molecule has 0 aliphatic carbocycles. The van der Waals surface area contributed by atoms with Gasteiger partial charge in [0.05, 0.1) is 27.7 Å². The van der Waals surface area contributed by atoms with Crippen LogP contribution in [0.4, 0.5) is 0 Å². The van der Waals surface area contributed by atoms with Gasteiger partial charge in [-0.2, -0.15) is 0 Å². The van der Waals surface area contributed by atoms with Gasteiger partial charge >= 0.3 is 11.9 Å². The molecule has 1 unspecified atom stereocenters. The Bertz CT molecular complexity index is 865. The van der Waals surface area contributed by atoms with Crippen LogP contribution in [0.3, 0.4) is 0 Å². The zero-order chi connectivity index (χ0) is 38.6. The van der Waals surface area contributed by atoms with Crippen LogP contribution in [-0.4, -0.2) is 70.0 Å². The third kappa shape index (κ3) is 38.7. The molecular formula is C42H84NO8P. The predicted molar refractivity (Wildman–Crippen MR) is 213 cm³/mol. The number of quaternary nitrogens is 1. The van der Waals surface area contributed by atoms with Gasteiger partial charge in [0.15, 0.2) is 6.10 Å². The van der Waals surface area contributed by atoms with E-state index in [2.05, 4.69) is 13.8 Å². The number of unbranched alkanes of at least 4 members (excludes halogenated alkanes) is 26. The van der Waals surface area contributed by atoms with Crippen LogP contribution < -0.4 is 4.89 Å². The number of esters is 2. The van der Waals surface area contributed by atoms with E-state index in [9.17, 15) is 19.0 Å². The SMILES string of the molecule is CCCCCCCCCCCCCCCCCC(=O)OC[C@H](COP(=O)([O-])OCC[N+](C)(C)C)OC(=O)CCCCCCCCCCCCCCC. The Labute approximate surface area is 321 Å². The number of phosphoric acid groups is 1. The summed E-state index contributed by atoms with van der Waals surface area (Å²) < 4.78 is 33.9. The van der Waals surface area contributed by atoms with E-state index in [-0.39, 0.29) is 32.0 Å². The monoisotopic (exact) mass is 762 g/mol. The number of carbonyl (C=O) groups is 2. The fourth-order valence-electron chi connectivity index (χ4n) is 6.18. The Hall–Kier alpha value is -0.990. The van der Waals surface area contributed by atoms with Crippen LogP contribution in [-0.2, 0) is 32.7 Å². The van der Waals surface area contributed by atoms with Crippen molar-refractivity contribution in [1.29, 1.82) is 0 Å². The van der Waals surface area contributed by atoms with Crippen molar-refractivity contribution in [2.24, 2.45) is 0 Å². The molecular weight excluding hydrogens is 677 g/mol. The number of likely N-dealkylation sites (N-methyl/N-ethyl adjacent to an activating group) is 1. The van der Waals surface area contributed by atoms with Gasteiger partial charge in [-0.15, -0.1) is 0 Å². The van der Waals surface area contributed by atoms with Crippen molar-refractivity contribution in [2.75, 3.05) is 47.5 Å². The molecule has 0 amide bonds. The standard InChI is InChI=1S/C42H84NO8P/c1-6-8-10-12-14-16-18-20-21-23-24-26-28-30-32-34-41(44)48-38-40(39-50-52(46,47)49-37-36-43(3,4)5)51-42(45)35-33-31-29-27-25-22-19-17-15-13-11-9-7-2/h40H,6-39H2,1-5H3/t40-/m1/s1. The van der Waals surface area contributed by atoms with E-state index >= 15 is 0 Å². The summed E-state index contributed by atoms with van der Waals surface area (Å²) >= 11 is 0. The van der Waals surface area contributed by atoms with E-state index in [0.717, 1.165) is 32.1 Å². The molecule has 0 N–H and O–H groups in total. The van der Waals surface area contributed by atoms with Gasteiger partial charge in [0.2, 0.25) is 0 Å². The average Bonchev–Trinajstić information content (AvgIpc) is 3.09. The molecule has 9 nitrogen and oxygen atoms in total. The number of phosphoric ester groups is 1. The van der Waals surface area contributed by atoms with Gasteiger partial charge in [-0.3, -0.25) is 14.2 Å². The minimum absolute atomic E-state index is 0.0258. The van der Waals surface area contributed by atoms with Gasteiger partial charge in [0, 0.05) is 12.8 Å². The second-order valence-corrected chi connectivity index (χ2v) is 17.5. The molecule has 0 fully saturated rings. The number of nitrogens with zero attached hydrogens (tertiary/aromatic N) is 1. The van der Waals surface area contributed by atoms with Crippen molar-refractivity contribution in [2.45, 2.75) is 213 Å². The molecule has 0 saturated carbocycles. The smallest absolute Gasteiger partial charge is 0.306 e. The van der Waals surface area contributed by atoms with Crippen LogP contribution in [0.5, 0.6) is 0 Å². The summed E-state index contributed by atoms with van der Waals surface area (Å²) in [5, 5.41) is 0. The maximum Gasteiger partial charge on any atom is 0.306 e. The molecule has 0 aliphatic heterocycles. The molecule has 0 aromatic rings. The average molecular weight is 762 g/mol. The predicted octanol–water partition coefficient (Wildman–Crippen LogP) is 11.4. The molecule has 0 radical (unpaired) electrons. The fourth-order valence-corrected chi connectivity index (χ4v) is 6.91. The zero-order valence-corrected chi connectivity index (χ0v) is 35.7. The van der Waals surface area contributed by atoms with Crippen LogP contribution in [0.25, 0.3) is 0 Å². The lowest BCUT2D eigenvalue weighted by Crippen LogP contribution is -2.37. The molecule has 2 atom stereocenters. The van der Waals surface area contributed by atoms with E-state index in [4.69, 9.17) is 18.5 Å². The van der Waals surface area contributed by atoms with Crippen molar-refractivity contribution < 1.29 is 42.1 Å². The highest BCUT2D eigenvalue weighted by atomic mass is 31.2. The quantitative estimate of drug-likeness (QED) is 0.0263. The van der Waals surface area contributed by atoms with E-state index in [1.54, 1.807) is 0 Å². The molecule has 0 aliphatic rings. The number of rotatable bonds is 40. The van der Waals surface area contributed by atoms with E-state index in [1.165, 1.54) is 141 Å². The highest BCUT2D eigenvalue weighted by Crippen LogP contribution is 2.38. The van der Waals surface area contributed by atoms with Gasteiger partial charge in [0.25, 0.3) is 7.82 Å². The molecule has 0 saturated heterocycles. The highest BCUT2D eigenvalue weighted by molar-refractivity contribution is 7.45. The maximum absolute atomic E-state index is 12.6. The minimum Gasteiger partial charge on any atom is -0.756 e. The first-order valence-electron chi connectivity index (χ1n) is 21.7. The molecule has 0 heterocycles. The Kier molecular flexibility index (Phi) is 35.0. The molecule has 0 aromatic heterocycles. The molecule has 310 valence electrons. The summed E-state index contributed by atoms with van der Waals surface area (Å²) in [7, 11) is 1.18. The third-order valence-electron chi connectivity index (χ3n) is 9.63. The Balaban J connectivity index is 4.32. The summed E-state index contributed by atoms with van der Waals surface area (Å²) in [4.78, 5) is 37.5. The molecule has 0 bridgehead atoms. The number of hydrogen-bond acceptors (Lipinski definition) is 8. The lowest BCUT2D eigenvalue weighted by Gasteiger charge is -2.28. The zero-order valence-electron chi connectivity index (χ0n) is 34.8. The van der Waals surface area contributed by atoms with Crippen molar-refractivity contribution in [1.82, 2.24) is 0 Å². The summed E-state index contributed by atoms with van der Waals surface area (Å²) in [5.41, 5.74) is 0. The van der Waals surface area contributed by atoms with Crippen LogP contribution in [0.1, 0.15) is 206 Å². The molecule has 52 heavy (non-hydrogen) atoms. The molecule has 0 aromatic carbocycles. The van der Waals surface area contributed by atoms with Crippen LogP contribution in [0, 0.1) is 0 Å². The number of hydrogen-bond donors (Lipinski definition) is 0. The van der Waals surface area contributed by atoms with Crippen LogP contribution >= 0.6 is 7.82 Å². The first-order chi connectivity index (χ1) is 25.0. The Morgan fingerprint density at radius 1 is 0.519 bits per heavy atom. The lowest BCUT2D eigenvalue weighted by molar-refractivity contribution is -0.870. The summed E-state index contributed by atoms with van der Waals surface area (Å²) in [6, 6.07) is 0. The summed E-state index contributed by atoms with van der Waals surface area (Å²) in [5.74, 6) is -0.821. The van der Waals surface area contributed by atoms with Gasteiger partial charge in [-0.25, -0.2) is 0 Å². The maximum atomic E-state index is 12.6. The van der Waals surface area contributed by atoms with E-state index in [1.807, 2.05) is 21.1 Å². The lowest BCUT2D eigenvalue weighted by atomic mass is 10.0. The van der Waals surface area contributed by atoms with Gasteiger partial charge in [-0.05, 0) is 12.8 Å². The number of carbonyl (C=O) groups excluding carboxylic acids is 2. The van der Waals surface area contributed by atoms with Gasteiger partial charge in [-0.1, -0.05) is 181 Å². The first kappa shape index (κ1) is 51.0. The molecule has 0 rings (SSSR count). The fraction of sp³-hybridized carbons (Fsp3) is 0.952. The summed E-state index contributed by atoms with van der Waals surface area (Å²) in [6.45, 7) is 4.25.